The second kappa shape index (κ2) is 6.15. The number of nitrogens with zero attached hydrogens (tertiary/aromatic N) is 4. The summed E-state index contributed by atoms with van der Waals surface area (Å²) in [7, 11) is 0. The third-order valence-corrected chi connectivity index (χ3v) is 5.27. The van der Waals surface area contributed by atoms with Crippen LogP contribution in [0.1, 0.15) is 16.8 Å². The predicted molar refractivity (Wildman–Crippen MR) is 101 cm³/mol. The van der Waals surface area contributed by atoms with Crippen molar-refractivity contribution >= 4 is 16.3 Å². The molecule has 0 unspecified atom stereocenters. The fourth-order valence-corrected chi connectivity index (χ4v) is 3.91. The van der Waals surface area contributed by atoms with E-state index in [2.05, 4.69) is 52.9 Å². The van der Waals surface area contributed by atoms with Gasteiger partial charge in [0.1, 0.15) is 0 Å². The second-order valence-electron chi connectivity index (χ2n) is 6.02. The first kappa shape index (κ1) is 15.6. The van der Waals surface area contributed by atoms with E-state index >= 15 is 0 Å². The zero-order valence-electron chi connectivity index (χ0n) is 14.0. The Morgan fingerprint density at radius 2 is 2.04 bits per heavy atom. The molecular weight excluding hydrogens is 328 g/mol. The molecule has 4 nitrogen and oxygen atoms in total. The Morgan fingerprint density at radius 3 is 2.76 bits per heavy atom. The van der Waals surface area contributed by atoms with Gasteiger partial charge in [0.05, 0.1) is 29.6 Å². The average Bonchev–Trinajstić information content (AvgIpc) is 3.19. The molecule has 122 valence electrons. The highest BCUT2D eigenvalue weighted by molar-refractivity contribution is 7.15. The normalized spacial score (nSPS) is 10.9. The first-order chi connectivity index (χ1) is 12.2. The highest BCUT2D eigenvalue weighted by Gasteiger charge is 2.19. The summed E-state index contributed by atoms with van der Waals surface area (Å²) in [6.07, 6.45) is 3.92. The molecule has 0 amide bonds. The van der Waals surface area contributed by atoms with Gasteiger partial charge in [0.2, 0.25) is 0 Å². The molecule has 1 aromatic carbocycles. The first-order valence-corrected chi connectivity index (χ1v) is 8.91. The van der Waals surface area contributed by atoms with Gasteiger partial charge in [0.25, 0.3) is 0 Å². The van der Waals surface area contributed by atoms with E-state index in [-0.39, 0.29) is 0 Å². The molecular formula is C20H16N4S. The lowest BCUT2D eigenvalue weighted by Gasteiger charge is -2.06. The summed E-state index contributed by atoms with van der Waals surface area (Å²) in [6.45, 7) is 4.20. The van der Waals surface area contributed by atoms with Gasteiger partial charge in [-0.1, -0.05) is 12.1 Å². The number of hydrogen-bond acceptors (Lipinski definition) is 4. The van der Waals surface area contributed by atoms with Gasteiger partial charge in [-0.25, -0.2) is 4.98 Å². The molecule has 3 heterocycles. The number of rotatable bonds is 3. The van der Waals surface area contributed by atoms with Gasteiger partial charge in [-0.15, -0.1) is 11.3 Å². The van der Waals surface area contributed by atoms with Crippen molar-refractivity contribution in [3.05, 3.63) is 64.9 Å². The van der Waals surface area contributed by atoms with Gasteiger partial charge < -0.3 is 0 Å². The highest BCUT2D eigenvalue weighted by atomic mass is 32.1. The molecule has 0 fully saturated rings. The Kier molecular flexibility index (Phi) is 3.83. The topological polar surface area (TPSA) is 54.0 Å². The molecule has 0 saturated carbocycles. The maximum absolute atomic E-state index is 9.37. The van der Waals surface area contributed by atoms with Gasteiger partial charge in [0, 0.05) is 28.9 Å². The largest absolute Gasteiger partial charge is 0.285 e. The molecule has 0 aliphatic carbocycles. The van der Waals surface area contributed by atoms with E-state index in [1.807, 2.05) is 18.3 Å². The van der Waals surface area contributed by atoms with E-state index in [1.54, 1.807) is 17.5 Å². The summed E-state index contributed by atoms with van der Waals surface area (Å²) in [5.74, 6) is 0. The van der Waals surface area contributed by atoms with Gasteiger partial charge >= 0.3 is 0 Å². The minimum Gasteiger partial charge on any atom is -0.285 e. The molecule has 0 aliphatic rings. The predicted octanol–water partition coefficient (Wildman–Crippen LogP) is 4.81. The van der Waals surface area contributed by atoms with Crippen LogP contribution in [0.2, 0.25) is 0 Å². The molecule has 0 bridgehead atoms. The number of nitriles is 1. The molecule has 0 saturated heterocycles. The monoisotopic (exact) mass is 344 g/mol. The number of imidazole rings is 1. The standard InChI is InChI=1S/C20H16N4S/c1-13-5-6-15(10-14(13)2)19-17(7-8-21)24-18(12-25-20(24)23-19)16-4-3-9-22-11-16/h3-6,9-12H,7H2,1-2H3. The van der Waals surface area contributed by atoms with E-state index in [0.29, 0.717) is 6.42 Å². The molecule has 5 heteroatoms. The summed E-state index contributed by atoms with van der Waals surface area (Å²) >= 11 is 1.59. The van der Waals surface area contributed by atoms with Crippen LogP contribution in [0.15, 0.2) is 48.1 Å². The molecule has 0 aliphatic heterocycles. The van der Waals surface area contributed by atoms with Crippen LogP contribution in [0, 0.1) is 25.2 Å². The van der Waals surface area contributed by atoms with Crippen LogP contribution in [-0.2, 0) is 6.42 Å². The van der Waals surface area contributed by atoms with Crippen molar-refractivity contribution in [1.82, 2.24) is 14.4 Å². The van der Waals surface area contributed by atoms with Gasteiger partial charge in [-0.05, 0) is 43.2 Å². The van der Waals surface area contributed by atoms with Gasteiger partial charge in [-0.2, -0.15) is 5.26 Å². The van der Waals surface area contributed by atoms with Crippen LogP contribution in [0.25, 0.3) is 27.5 Å². The first-order valence-electron chi connectivity index (χ1n) is 8.03. The van der Waals surface area contributed by atoms with Crippen molar-refractivity contribution < 1.29 is 0 Å². The zero-order valence-corrected chi connectivity index (χ0v) is 14.8. The molecule has 4 rings (SSSR count). The number of aryl methyl sites for hydroxylation is 2. The minimum absolute atomic E-state index is 0.313. The minimum atomic E-state index is 0.313. The average molecular weight is 344 g/mol. The van der Waals surface area contributed by atoms with Crippen LogP contribution in [-0.4, -0.2) is 14.4 Å². The van der Waals surface area contributed by atoms with Crippen molar-refractivity contribution in [3.8, 4) is 28.6 Å². The van der Waals surface area contributed by atoms with Crippen molar-refractivity contribution in [2.75, 3.05) is 0 Å². The number of fused-ring (bicyclic) bond motifs is 1. The SMILES string of the molecule is Cc1ccc(-c2nc3scc(-c4cccnc4)n3c2CC#N)cc1C. The van der Waals surface area contributed by atoms with Crippen LogP contribution >= 0.6 is 11.3 Å². The van der Waals surface area contributed by atoms with Gasteiger partial charge in [0.15, 0.2) is 4.96 Å². The molecule has 0 radical (unpaired) electrons. The summed E-state index contributed by atoms with van der Waals surface area (Å²) < 4.78 is 2.09. The van der Waals surface area contributed by atoms with Crippen LogP contribution < -0.4 is 0 Å². The Morgan fingerprint density at radius 1 is 1.16 bits per heavy atom. The Balaban J connectivity index is 1.97. The summed E-state index contributed by atoms with van der Waals surface area (Å²) in [5, 5.41) is 11.4. The fraction of sp³-hybridized carbons (Fsp3) is 0.150. The molecule has 0 spiro atoms. The molecule has 0 atom stereocenters. The van der Waals surface area contributed by atoms with Crippen LogP contribution in [0.5, 0.6) is 0 Å². The number of aromatic nitrogens is 3. The Hall–Kier alpha value is -2.97. The van der Waals surface area contributed by atoms with Crippen molar-refractivity contribution in [1.29, 1.82) is 5.26 Å². The molecule has 3 aromatic heterocycles. The molecule has 25 heavy (non-hydrogen) atoms. The van der Waals surface area contributed by atoms with Crippen LogP contribution in [0.3, 0.4) is 0 Å². The number of benzene rings is 1. The lowest BCUT2D eigenvalue weighted by Crippen LogP contribution is -1.95. The number of pyridine rings is 1. The lowest BCUT2D eigenvalue weighted by molar-refractivity contribution is 1.08. The fourth-order valence-electron chi connectivity index (χ4n) is 2.99. The Labute approximate surface area is 150 Å². The van der Waals surface area contributed by atoms with E-state index in [9.17, 15) is 5.26 Å². The third-order valence-electron chi connectivity index (χ3n) is 4.44. The second-order valence-corrected chi connectivity index (χ2v) is 6.86. The maximum atomic E-state index is 9.37. The summed E-state index contributed by atoms with van der Waals surface area (Å²) in [6, 6.07) is 12.6. The van der Waals surface area contributed by atoms with Crippen molar-refractivity contribution in [2.24, 2.45) is 0 Å². The quantitative estimate of drug-likeness (QED) is 0.536. The summed E-state index contributed by atoms with van der Waals surface area (Å²) in [5.41, 5.74) is 7.41. The highest BCUT2D eigenvalue weighted by Crippen LogP contribution is 2.33. The van der Waals surface area contributed by atoms with Crippen molar-refractivity contribution in [2.45, 2.75) is 20.3 Å². The van der Waals surface area contributed by atoms with Crippen LogP contribution in [0.4, 0.5) is 0 Å². The van der Waals surface area contributed by atoms with E-state index in [0.717, 1.165) is 33.2 Å². The molecule has 4 aromatic rings. The smallest absolute Gasteiger partial charge is 0.194 e. The van der Waals surface area contributed by atoms with E-state index in [4.69, 9.17) is 4.98 Å². The lowest BCUT2D eigenvalue weighted by atomic mass is 10.0. The van der Waals surface area contributed by atoms with E-state index < -0.39 is 0 Å². The number of thiazole rings is 1. The Bertz CT molecular complexity index is 1100. The maximum Gasteiger partial charge on any atom is 0.194 e. The van der Waals surface area contributed by atoms with Crippen molar-refractivity contribution in [3.63, 3.8) is 0 Å². The van der Waals surface area contributed by atoms with Gasteiger partial charge in [-0.3, -0.25) is 9.38 Å². The van der Waals surface area contributed by atoms with E-state index in [1.165, 1.54) is 11.1 Å². The number of hydrogen-bond donors (Lipinski definition) is 0. The third kappa shape index (κ3) is 2.61. The zero-order chi connectivity index (χ0) is 17.4. The summed E-state index contributed by atoms with van der Waals surface area (Å²) in [4.78, 5) is 9.94. The molecule has 0 N–H and O–H groups in total.